The molecule has 2 aliphatic rings. The number of piperidine rings is 1. The average molecular weight is 278 g/mol. The van der Waals surface area contributed by atoms with Crippen molar-refractivity contribution in [1.82, 2.24) is 4.90 Å². The van der Waals surface area contributed by atoms with Gasteiger partial charge >= 0.3 is 0 Å². The zero-order valence-corrected chi connectivity index (χ0v) is 13.2. The molecule has 1 heterocycles. The highest BCUT2D eigenvalue weighted by Crippen LogP contribution is 2.50. The third kappa shape index (κ3) is 2.87. The summed E-state index contributed by atoms with van der Waals surface area (Å²) in [5.74, 6) is 0.764. The van der Waals surface area contributed by atoms with Crippen LogP contribution >= 0.6 is 0 Å². The second-order valence-electron chi connectivity index (χ2n) is 6.92. The molecule has 1 saturated carbocycles. The van der Waals surface area contributed by atoms with Crippen molar-refractivity contribution in [2.45, 2.75) is 70.8 Å². The van der Waals surface area contributed by atoms with Crippen LogP contribution < -0.4 is 0 Å². The number of rotatable bonds is 4. The van der Waals surface area contributed by atoms with Crippen molar-refractivity contribution >= 4 is 0 Å². The largest absolute Gasteiger partial charge is 0.388 e. The molecule has 0 radical (unpaired) electrons. The lowest BCUT2D eigenvalue weighted by atomic mass is 9.59. The molecular weight excluding hydrogens is 248 g/mol. The molecule has 0 amide bonds. The van der Waals surface area contributed by atoms with Gasteiger partial charge in [0.1, 0.15) is 0 Å². The Morgan fingerprint density at radius 3 is 2.20 bits per heavy atom. The van der Waals surface area contributed by atoms with Gasteiger partial charge in [-0.1, -0.05) is 20.3 Å². The first kappa shape index (κ1) is 15.8. The van der Waals surface area contributed by atoms with Gasteiger partial charge in [-0.15, -0.1) is 0 Å². The van der Waals surface area contributed by atoms with Crippen LogP contribution in [0.5, 0.6) is 0 Å². The van der Waals surface area contributed by atoms with Gasteiger partial charge in [-0.05, 0) is 57.4 Å². The Morgan fingerprint density at radius 2 is 1.75 bits per heavy atom. The van der Waals surface area contributed by atoms with Crippen molar-refractivity contribution < 1.29 is 5.11 Å². The molecule has 1 saturated heterocycles. The van der Waals surface area contributed by atoms with E-state index in [1.165, 1.54) is 12.8 Å². The van der Waals surface area contributed by atoms with Gasteiger partial charge in [0, 0.05) is 13.1 Å². The van der Waals surface area contributed by atoms with Crippen molar-refractivity contribution in [2.75, 3.05) is 19.6 Å². The highest BCUT2D eigenvalue weighted by atomic mass is 16.3. The topological polar surface area (TPSA) is 47.3 Å². The maximum atomic E-state index is 11.1. The summed E-state index contributed by atoms with van der Waals surface area (Å²) in [5, 5.41) is 20.9. The van der Waals surface area contributed by atoms with Crippen molar-refractivity contribution in [2.24, 2.45) is 11.3 Å². The molecule has 0 aromatic carbocycles. The summed E-state index contributed by atoms with van der Waals surface area (Å²) in [6.07, 6.45) is 7.95. The molecule has 2 fully saturated rings. The van der Waals surface area contributed by atoms with Crippen LogP contribution in [0.15, 0.2) is 0 Å². The zero-order valence-electron chi connectivity index (χ0n) is 13.2. The van der Waals surface area contributed by atoms with Crippen LogP contribution in [0.4, 0.5) is 0 Å². The number of hydrogen-bond donors (Lipinski definition) is 1. The van der Waals surface area contributed by atoms with Gasteiger partial charge in [-0.3, -0.25) is 0 Å². The molecule has 1 aliphatic heterocycles. The minimum atomic E-state index is -0.745. The summed E-state index contributed by atoms with van der Waals surface area (Å²) in [4.78, 5) is 2.43. The Balaban J connectivity index is 2.03. The monoisotopic (exact) mass is 278 g/mol. The normalized spacial score (nSPS) is 34.6. The minimum Gasteiger partial charge on any atom is -0.388 e. The summed E-state index contributed by atoms with van der Waals surface area (Å²) in [5.41, 5.74) is -1.22. The third-order valence-electron chi connectivity index (χ3n) is 5.86. The highest BCUT2D eigenvalue weighted by Gasteiger charge is 2.52. The van der Waals surface area contributed by atoms with Crippen molar-refractivity contribution in [3.63, 3.8) is 0 Å². The standard InChI is InChI=1S/C17H30N2O/c1-3-11-19-12-9-17(20,10-13-19)16(14-18)7-5-15(4-2)6-8-16/h15,20H,3-13H2,1-2H3. The van der Waals surface area contributed by atoms with E-state index in [0.29, 0.717) is 0 Å². The number of aliphatic hydroxyl groups is 1. The van der Waals surface area contributed by atoms with E-state index in [0.717, 1.165) is 64.1 Å². The SMILES string of the molecule is CCCN1CCC(O)(C2(C#N)CCC(CC)CC2)CC1. The molecule has 1 aliphatic carbocycles. The van der Waals surface area contributed by atoms with Gasteiger partial charge in [0.05, 0.1) is 17.1 Å². The second-order valence-corrected chi connectivity index (χ2v) is 6.92. The van der Waals surface area contributed by atoms with Crippen LogP contribution in [-0.2, 0) is 0 Å². The number of likely N-dealkylation sites (tertiary alicyclic amines) is 1. The zero-order chi connectivity index (χ0) is 14.6. The summed E-state index contributed by atoms with van der Waals surface area (Å²) >= 11 is 0. The van der Waals surface area contributed by atoms with Crippen LogP contribution in [-0.4, -0.2) is 35.2 Å². The quantitative estimate of drug-likeness (QED) is 0.858. The number of hydrogen-bond acceptors (Lipinski definition) is 3. The predicted octanol–water partition coefficient (Wildman–Crippen LogP) is 3.33. The van der Waals surface area contributed by atoms with Crippen molar-refractivity contribution in [3.05, 3.63) is 0 Å². The summed E-state index contributed by atoms with van der Waals surface area (Å²) in [7, 11) is 0. The smallest absolute Gasteiger partial charge is 0.0861 e. The first-order chi connectivity index (χ1) is 9.59. The molecular formula is C17H30N2O. The van der Waals surface area contributed by atoms with Gasteiger partial charge in [-0.2, -0.15) is 5.26 Å². The Hall–Kier alpha value is -0.590. The maximum Gasteiger partial charge on any atom is 0.0861 e. The van der Waals surface area contributed by atoms with Crippen molar-refractivity contribution in [3.8, 4) is 6.07 Å². The molecule has 0 unspecified atom stereocenters. The lowest BCUT2D eigenvalue weighted by Gasteiger charge is -2.50. The van der Waals surface area contributed by atoms with E-state index in [9.17, 15) is 10.4 Å². The van der Waals surface area contributed by atoms with Gasteiger partial charge in [0.15, 0.2) is 0 Å². The Morgan fingerprint density at radius 1 is 1.15 bits per heavy atom. The fourth-order valence-electron chi connectivity index (χ4n) is 4.20. The fourth-order valence-corrected chi connectivity index (χ4v) is 4.20. The molecule has 0 spiro atoms. The van der Waals surface area contributed by atoms with Gasteiger partial charge in [-0.25, -0.2) is 0 Å². The van der Waals surface area contributed by atoms with E-state index in [2.05, 4.69) is 24.8 Å². The maximum absolute atomic E-state index is 11.1. The van der Waals surface area contributed by atoms with Crippen LogP contribution in [0.1, 0.15) is 65.2 Å². The summed E-state index contributed by atoms with van der Waals surface area (Å²) < 4.78 is 0. The average Bonchev–Trinajstić information content (AvgIpc) is 2.50. The minimum absolute atomic E-state index is 0.475. The second kappa shape index (κ2) is 6.45. The van der Waals surface area contributed by atoms with Gasteiger partial charge in [0.2, 0.25) is 0 Å². The molecule has 114 valence electrons. The third-order valence-corrected chi connectivity index (χ3v) is 5.86. The van der Waals surface area contributed by atoms with Crippen LogP contribution in [0.25, 0.3) is 0 Å². The van der Waals surface area contributed by atoms with E-state index >= 15 is 0 Å². The van der Waals surface area contributed by atoms with Gasteiger partial charge < -0.3 is 10.0 Å². The number of nitriles is 1. The molecule has 0 atom stereocenters. The van der Waals surface area contributed by atoms with Crippen LogP contribution in [0, 0.1) is 22.7 Å². The molecule has 3 nitrogen and oxygen atoms in total. The van der Waals surface area contributed by atoms with Gasteiger partial charge in [0.25, 0.3) is 0 Å². The first-order valence-corrected chi connectivity index (χ1v) is 8.45. The lowest BCUT2D eigenvalue weighted by Crippen LogP contribution is -2.55. The lowest BCUT2D eigenvalue weighted by molar-refractivity contribution is -0.114. The fraction of sp³-hybridized carbons (Fsp3) is 0.941. The van der Waals surface area contributed by atoms with E-state index < -0.39 is 11.0 Å². The van der Waals surface area contributed by atoms with E-state index in [1.807, 2.05) is 0 Å². The Labute approximate surface area is 124 Å². The molecule has 0 bridgehead atoms. The Bertz CT molecular complexity index is 344. The summed E-state index contributed by atoms with van der Waals surface area (Å²) in [6.45, 7) is 7.45. The molecule has 0 aromatic rings. The summed E-state index contributed by atoms with van der Waals surface area (Å²) in [6, 6.07) is 2.55. The van der Waals surface area contributed by atoms with E-state index in [4.69, 9.17) is 0 Å². The van der Waals surface area contributed by atoms with Crippen LogP contribution in [0.3, 0.4) is 0 Å². The van der Waals surface area contributed by atoms with Crippen molar-refractivity contribution in [1.29, 1.82) is 5.26 Å². The Kier molecular flexibility index (Phi) is 5.09. The molecule has 3 heteroatoms. The molecule has 1 N–H and O–H groups in total. The molecule has 20 heavy (non-hydrogen) atoms. The highest BCUT2D eigenvalue weighted by molar-refractivity contribution is 5.14. The predicted molar refractivity (Wildman–Crippen MR) is 81.2 cm³/mol. The molecule has 2 rings (SSSR count). The molecule has 0 aromatic heterocycles. The van der Waals surface area contributed by atoms with E-state index in [1.54, 1.807) is 0 Å². The first-order valence-electron chi connectivity index (χ1n) is 8.45. The van der Waals surface area contributed by atoms with Crippen LogP contribution in [0.2, 0.25) is 0 Å². The number of nitrogens with zero attached hydrogens (tertiary/aromatic N) is 2. The van der Waals surface area contributed by atoms with E-state index in [-0.39, 0.29) is 0 Å².